The van der Waals surface area contributed by atoms with Crippen molar-refractivity contribution in [1.82, 2.24) is 0 Å². The summed E-state index contributed by atoms with van der Waals surface area (Å²) < 4.78 is 40.1. The van der Waals surface area contributed by atoms with Crippen LogP contribution in [0.5, 0.6) is 0 Å². The van der Waals surface area contributed by atoms with E-state index in [4.69, 9.17) is 17.3 Å². The van der Waals surface area contributed by atoms with Gasteiger partial charge in [0.05, 0.1) is 15.6 Å². The Morgan fingerprint density at radius 1 is 1.20 bits per heavy atom. The minimum absolute atomic E-state index is 0.0675. The van der Waals surface area contributed by atoms with Crippen LogP contribution in [0.2, 0.25) is 5.02 Å². The maximum atomic E-state index is 13.3. The number of rotatable bonds is 4. The monoisotopic (exact) mass is 314 g/mol. The van der Waals surface area contributed by atoms with Crippen molar-refractivity contribution in [3.63, 3.8) is 0 Å². The van der Waals surface area contributed by atoms with Gasteiger partial charge in [-0.25, -0.2) is 12.8 Å². The lowest BCUT2D eigenvalue weighted by atomic mass is 10.2. The van der Waals surface area contributed by atoms with Crippen LogP contribution in [0, 0.1) is 5.82 Å². The summed E-state index contributed by atoms with van der Waals surface area (Å²) >= 11 is 5.55. The standard InChI is InChI=1S/C13H12ClFN2O2S/c14-11-6-5-10(7-12(11)15)17-20(18,19)13-4-2-1-3-9(13)8-16/h1-7,17H,8,16H2. The van der Waals surface area contributed by atoms with Crippen LogP contribution < -0.4 is 10.5 Å². The van der Waals surface area contributed by atoms with Gasteiger partial charge in [0, 0.05) is 6.54 Å². The number of sulfonamides is 1. The molecular weight excluding hydrogens is 303 g/mol. The Labute approximate surface area is 121 Å². The predicted molar refractivity (Wildman–Crippen MR) is 76.6 cm³/mol. The van der Waals surface area contributed by atoms with E-state index in [9.17, 15) is 12.8 Å². The third kappa shape index (κ3) is 3.09. The quantitative estimate of drug-likeness (QED) is 0.911. The normalized spacial score (nSPS) is 11.3. The SMILES string of the molecule is NCc1ccccc1S(=O)(=O)Nc1ccc(Cl)c(F)c1. The molecule has 0 bridgehead atoms. The lowest BCUT2D eigenvalue weighted by molar-refractivity contribution is 0.600. The van der Waals surface area contributed by atoms with E-state index in [1.165, 1.54) is 18.2 Å². The van der Waals surface area contributed by atoms with Crippen LogP contribution >= 0.6 is 11.6 Å². The molecule has 2 rings (SSSR count). The lowest BCUT2D eigenvalue weighted by Gasteiger charge is -2.11. The second-order valence-electron chi connectivity index (χ2n) is 4.05. The number of halogens is 2. The molecule has 20 heavy (non-hydrogen) atoms. The molecule has 0 atom stereocenters. The molecule has 0 aliphatic heterocycles. The Bertz CT molecular complexity index is 735. The zero-order valence-corrected chi connectivity index (χ0v) is 11.9. The Balaban J connectivity index is 2.38. The maximum Gasteiger partial charge on any atom is 0.262 e. The van der Waals surface area contributed by atoms with Gasteiger partial charge in [-0.3, -0.25) is 4.72 Å². The van der Waals surface area contributed by atoms with Crippen LogP contribution in [0.15, 0.2) is 47.4 Å². The van der Waals surface area contributed by atoms with Crippen molar-refractivity contribution in [1.29, 1.82) is 0 Å². The summed E-state index contributed by atoms with van der Waals surface area (Å²) in [5, 5.41) is -0.0738. The molecule has 3 N–H and O–H groups in total. The minimum atomic E-state index is -3.83. The van der Waals surface area contributed by atoms with Gasteiger partial charge in [0.2, 0.25) is 0 Å². The number of anilines is 1. The first-order valence-electron chi connectivity index (χ1n) is 5.70. The second-order valence-corrected chi connectivity index (χ2v) is 6.10. The highest BCUT2D eigenvalue weighted by Crippen LogP contribution is 2.22. The van der Waals surface area contributed by atoms with Crippen LogP contribution in [0.4, 0.5) is 10.1 Å². The number of benzene rings is 2. The van der Waals surface area contributed by atoms with E-state index in [2.05, 4.69) is 4.72 Å². The number of hydrogen-bond donors (Lipinski definition) is 2. The Morgan fingerprint density at radius 3 is 2.55 bits per heavy atom. The van der Waals surface area contributed by atoms with Gasteiger partial charge in [0.25, 0.3) is 10.0 Å². The van der Waals surface area contributed by atoms with Crippen molar-refractivity contribution in [3.05, 3.63) is 58.9 Å². The summed E-state index contributed by atoms with van der Waals surface area (Å²) in [5.41, 5.74) is 6.09. The highest BCUT2D eigenvalue weighted by molar-refractivity contribution is 7.92. The second kappa shape index (κ2) is 5.78. The first-order valence-corrected chi connectivity index (χ1v) is 7.56. The van der Waals surface area contributed by atoms with Crippen LogP contribution in [0.3, 0.4) is 0 Å². The molecule has 106 valence electrons. The van der Waals surface area contributed by atoms with Gasteiger partial charge in [-0.2, -0.15) is 0 Å². The Morgan fingerprint density at radius 2 is 1.90 bits per heavy atom. The van der Waals surface area contributed by atoms with Gasteiger partial charge in [0.1, 0.15) is 5.82 Å². The summed E-state index contributed by atoms with van der Waals surface area (Å²) in [5.74, 6) is -0.695. The molecule has 0 unspecified atom stereocenters. The third-order valence-electron chi connectivity index (χ3n) is 2.65. The van der Waals surface area contributed by atoms with E-state index in [-0.39, 0.29) is 22.2 Å². The fourth-order valence-electron chi connectivity index (χ4n) is 1.70. The van der Waals surface area contributed by atoms with Crippen molar-refractivity contribution in [3.8, 4) is 0 Å². The van der Waals surface area contributed by atoms with E-state index in [1.807, 2.05) is 0 Å². The van der Waals surface area contributed by atoms with Gasteiger partial charge >= 0.3 is 0 Å². The summed E-state index contributed by atoms with van der Waals surface area (Å²) in [6.45, 7) is 0.0893. The van der Waals surface area contributed by atoms with Crippen molar-refractivity contribution in [2.75, 3.05) is 4.72 Å². The number of nitrogens with two attached hydrogens (primary N) is 1. The van der Waals surface area contributed by atoms with Gasteiger partial charge in [0.15, 0.2) is 0 Å². The summed E-state index contributed by atoms with van der Waals surface area (Å²) in [6.07, 6.45) is 0. The Kier molecular flexibility index (Phi) is 4.27. The third-order valence-corrected chi connectivity index (χ3v) is 4.44. The van der Waals surface area contributed by atoms with Gasteiger partial charge < -0.3 is 5.73 Å². The molecule has 0 saturated heterocycles. The highest BCUT2D eigenvalue weighted by Gasteiger charge is 2.18. The van der Waals surface area contributed by atoms with E-state index in [0.717, 1.165) is 6.07 Å². The topological polar surface area (TPSA) is 72.2 Å². The summed E-state index contributed by atoms with van der Waals surface area (Å²) in [7, 11) is -3.83. The van der Waals surface area contributed by atoms with E-state index < -0.39 is 15.8 Å². The summed E-state index contributed by atoms with van der Waals surface area (Å²) in [6, 6.07) is 10.0. The fraction of sp³-hybridized carbons (Fsp3) is 0.0769. The lowest BCUT2D eigenvalue weighted by Crippen LogP contribution is -2.16. The molecule has 0 aliphatic rings. The van der Waals surface area contributed by atoms with Gasteiger partial charge in [-0.15, -0.1) is 0 Å². The van der Waals surface area contributed by atoms with Gasteiger partial charge in [-0.1, -0.05) is 29.8 Å². The van der Waals surface area contributed by atoms with Crippen molar-refractivity contribution >= 4 is 27.3 Å². The minimum Gasteiger partial charge on any atom is -0.326 e. The molecule has 0 heterocycles. The van der Waals surface area contributed by atoms with Crippen molar-refractivity contribution < 1.29 is 12.8 Å². The van der Waals surface area contributed by atoms with Crippen LogP contribution in [0.25, 0.3) is 0 Å². The average Bonchev–Trinajstić information content (AvgIpc) is 2.42. The molecule has 2 aromatic rings. The molecule has 0 amide bonds. The van der Waals surface area contributed by atoms with Crippen LogP contribution in [-0.2, 0) is 16.6 Å². The van der Waals surface area contributed by atoms with Crippen molar-refractivity contribution in [2.45, 2.75) is 11.4 Å². The highest BCUT2D eigenvalue weighted by atomic mass is 35.5. The molecule has 0 spiro atoms. The number of hydrogen-bond acceptors (Lipinski definition) is 3. The first-order chi connectivity index (χ1) is 9.44. The molecule has 0 radical (unpaired) electrons. The smallest absolute Gasteiger partial charge is 0.262 e. The molecule has 4 nitrogen and oxygen atoms in total. The maximum absolute atomic E-state index is 13.3. The van der Waals surface area contributed by atoms with Crippen LogP contribution in [0.1, 0.15) is 5.56 Å². The summed E-state index contributed by atoms with van der Waals surface area (Å²) in [4.78, 5) is 0.0675. The molecule has 2 aromatic carbocycles. The van der Waals surface area contributed by atoms with Crippen molar-refractivity contribution in [2.24, 2.45) is 5.73 Å². The zero-order valence-electron chi connectivity index (χ0n) is 10.3. The fourth-order valence-corrected chi connectivity index (χ4v) is 3.12. The largest absolute Gasteiger partial charge is 0.326 e. The zero-order chi connectivity index (χ0) is 14.8. The van der Waals surface area contributed by atoms with Crippen LogP contribution in [-0.4, -0.2) is 8.42 Å². The van der Waals surface area contributed by atoms with E-state index in [1.54, 1.807) is 18.2 Å². The van der Waals surface area contributed by atoms with E-state index in [0.29, 0.717) is 5.56 Å². The van der Waals surface area contributed by atoms with E-state index >= 15 is 0 Å². The average molecular weight is 315 g/mol. The molecule has 0 fully saturated rings. The Hall–Kier alpha value is -1.63. The molecule has 0 aromatic heterocycles. The molecule has 0 saturated carbocycles. The molecule has 7 heteroatoms. The van der Waals surface area contributed by atoms with Gasteiger partial charge in [-0.05, 0) is 29.8 Å². The predicted octanol–water partition coefficient (Wildman–Crippen LogP) is 2.74. The number of nitrogens with one attached hydrogen (secondary N) is 1. The molecule has 0 aliphatic carbocycles. The first kappa shape index (κ1) is 14.8. The molecular formula is C13H12ClFN2O2S.